The van der Waals surface area contributed by atoms with Gasteiger partial charge in [-0.25, -0.2) is 4.39 Å². The van der Waals surface area contributed by atoms with Crippen LogP contribution in [0, 0.1) is 15.9 Å². The highest BCUT2D eigenvalue weighted by Gasteiger charge is 2.34. The summed E-state index contributed by atoms with van der Waals surface area (Å²) in [6, 6.07) is 18.7. The second kappa shape index (κ2) is 6.53. The first-order chi connectivity index (χ1) is 13.0. The number of fused-ring (bicyclic) bond motifs is 1. The van der Waals surface area contributed by atoms with Crippen molar-refractivity contribution in [3.8, 4) is 0 Å². The van der Waals surface area contributed by atoms with E-state index in [0.717, 1.165) is 0 Å². The molecule has 1 N–H and O–H groups in total. The second-order valence-corrected chi connectivity index (χ2v) is 6.10. The summed E-state index contributed by atoms with van der Waals surface area (Å²) in [5.41, 5.74) is 2.08. The Kier molecular flexibility index (Phi) is 4.04. The lowest BCUT2D eigenvalue weighted by molar-refractivity contribution is -0.384. The SMILES string of the molecule is O=C1c2ccccc2NC(c2cccc([N+](=O)[O-])c2)N1c1ccc(F)cc1. The third kappa shape index (κ3) is 2.99. The molecule has 0 saturated carbocycles. The Hall–Kier alpha value is -3.74. The average molecular weight is 363 g/mol. The molecule has 7 heteroatoms. The Balaban J connectivity index is 1.86. The van der Waals surface area contributed by atoms with E-state index >= 15 is 0 Å². The van der Waals surface area contributed by atoms with Crippen LogP contribution in [0.2, 0.25) is 0 Å². The van der Waals surface area contributed by atoms with Crippen molar-refractivity contribution in [1.82, 2.24) is 0 Å². The van der Waals surface area contributed by atoms with E-state index < -0.39 is 16.9 Å². The van der Waals surface area contributed by atoms with Crippen LogP contribution in [0.25, 0.3) is 0 Å². The van der Waals surface area contributed by atoms with E-state index in [-0.39, 0.29) is 11.6 Å². The Morgan fingerprint density at radius 2 is 1.74 bits per heavy atom. The summed E-state index contributed by atoms with van der Waals surface area (Å²) >= 11 is 0. The molecule has 134 valence electrons. The molecule has 0 fully saturated rings. The van der Waals surface area contributed by atoms with Gasteiger partial charge in [-0.15, -0.1) is 0 Å². The van der Waals surface area contributed by atoms with Crippen LogP contribution in [-0.2, 0) is 0 Å². The predicted octanol–water partition coefficient (Wildman–Crippen LogP) is 4.51. The molecular weight excluding hydrogens is 349 g/mol. The van der Waals surface area contributed by atoms with Crippen LogP contribution in [0.3, 0.4) is 0 Å². The molecule has 0 spiro atoms. The fourth-order valence-corrected chi connectivity index (χ4v) is 3.16. The molecule has 4 rings (SSSR count). The minimum absolute atomic E-state index is 0.0698. The van der Waals surface area contributed by atoms with Gasteiger partial charge in [-0.2, -0.15) is 0 Å². The molecule has 1 aliphatic rings. The standard InChI is InChI=1S/C20H14FN3O3/c21-14-8-10-15(11-9-14)23-19(13-4-3-5-16(12-13)24(26)27)22-18-7-2-1-6-17(18)20(23)25/h1-12,19,22H. The zero-order chi connectivity index (χ0) is 19.0. The summed E-state index contributed by atoms with van der Waals surface area (Å²) in [4.78, 5) is 25.3. The first-order valence-electron chi connectivity index (χ1n) is 8.23. The lowest BCUT2D eigenvalue weighted by Gasteiger charge is -2.38. The van der Waals surface area contributed by atoms with Gasteiger partial charge in [0.15, 0.2) is 0 Å². The minimum atomic E-state index is -0.669. The molecule has 1 atom stereocenters. The number of para-hydroxylation sites is 1. The number of non-ortho nitro benzene ring substituents is 1. The van der Waals surface area contributed by atoms with Crippen molar-refractivity contribution < 1.29 is 14.1 Å². The largest absolute Gasteiger partial charge is 0.360 e. The van der Waals surface area contributed by atoms with Gasteiger partial charge in [0.25, 0.3) is 11.6 Å². The second-order valence-electron chi connectivity index (χ2n) is 6.10. The van der Waals surface area contributed by atoms with Crippen LogP contribution in [0.15, 0.2) is 72.8 Å². The van der Waals surface area contributed by atoms with E-state index in [4.69, 9.17) is 0 Å². The van der Waals surface area contributed by atoms with Gasteiger partial charge in [0.1, 0.15) is 12.0 Å². The monoisotopic (exact) mass is 363 g/mol. The number of nitro groups is 1. The highest BCUT2D eigenvalue weighted by molar-refractivity contribution is 6.12. The Morgan fingerprint density at radius 3 is 2.48 bits per heavy atom. The van der Waals surface area contributed by atoms with E-state index in [0.29, 0.717) is 22.5 Å². The summed E-state index contributed by atoms with van der Waals surface area (Å²) in [6.07, 6.45) is -0.669. The van der Waals surface area contributed by atoms with E-state index in [2.05, 4.69) is 5.32 Å². The van der Waals surface area contributed by atoms with Gasteiger partial charge in [0, 0.05) is 29.1 Å². The topological polar surface area (TPSA) is 75.5 Å². The van der Waals surface area contributed by atoms with Crippen molar-refractivity contribution in [3.05, 3.63) is 99.9 Å². The average Bonchev–Trinajstić information content (AvgIpc) is 2.69. The van der Waals surface area contributed by atoms with Crippen molar-refractivity contribution in [2.75, 3.05) is 10.2 Å². The number of nitrogens with one attached hydrogen (secondary N) is 1. The predicted molar refractivity (Wildman–Crippen MR) is 99.1 cm³/mol. The number of carbonyl (C=O) groups excluding carboxylic acids is 1. The van der Waals surface area contributed by atoms with Crippen LogP contribution in [-0.4, -0.2) is 10.8 Å². The first kappa shape index (κ1) is 16.7. The van der Waals surface area contributed by atoms with Crippen molar-refractivity contribution in [3.63, 3.8) is 0 Å². The van der Waals surface area contributed by atoms with Gasteiger partial charge in [-0.05, 0) is 36.4 Å². The highest BCUT2D eigenvalue weighted by Crippen LogP contribution is 2.37. The quantitative estimate of drug-likeness (QED) is 0.549. The van der Waals surface area contributed by atoms with Crippen molar-refractivity contribution in [2.45, 2.75) is 6.17 Å². The summed E-state index contributed by atoms with van der Waals surface area (Å²) in [5, 5.41) is 14.4. The maximum atomic E-state index is 13.4. The summed E-state index contributed by atoms with van der Waals surface area (Å²) in [7, 11) is 0. The Labute approximate surface area is 154 Å². The van der Waals surface area contributed by atoms with Gasteiger partial charge in [-0.3, -0.25) is 19.8 Å². The Morgan fingerprint density at radius 1 is 1.00 bits per heavy atom. The minimum Gasteiger partial charge on any atom is -0.360 e. The molecule has 1 amide bonds. The zero-order valence-electron chi connectivity index (χ0n) is 14.0. The number of carbonyl (C=O) groups is 1. The number of anilines is 2. The van der Waals surface area contributed by atoms with Crippen LogP contribution < -0.4 is 10.2 Å². The van der Waals surface area contributed by atoms with E-state index in [1.54, 1.807) is 36.4 Å². The maximum absolute atomic E-state index is 13.4. The molecule has 0 saturated heterocycles. The number of hydrogen-bond acceptors (Lipinski definition) is 4. The number of hydrogen-bond donors (Lipinski definition) is 1. The normalized spacial score (nSPS) is 15.8. The van der Waals surface area contributed by atoms with Gasteiger partial charge >= 0.3 is 0 Å². The number of nitro benzene ring substituents is 1. The van der Waals surface area contributed by atoms with Gasteiger partial charge in [-0.1, -0.05) is 24.3 Å². The summed E-state index contributed by atoms with van der Waals surface area (Å²) < 4.78 is 13.4. The van der Waals surface area contributed by atoms with E-state index in [1.165, 1.54) is 41.3 Å². The number of halogens is 1. The first-order valence-corrected chi connectivity index (χ1v) is 8.23. The molecule has 3 aromatic rings. The molecule has 6 nitrogen and oxygen atoms in total. The van der Waals surface area contributed by atoms with E-state index in [9.17, 15) is 19.3 Å². The van der Waals surface area contributed by atoms with Crippen LogP contribution >= 0.6 is 0 Å². The molecule has 3 aromatic carbocycles. The molecular formula is C20H14FN3O3. The smallest absolute Gasteiger partial charge is 0.269 e. The third-order valence-corrected chi connectivity index (χ3v) is 4.43. The van der Waals surface area contributed by atoms with E-state index in [1.807, 2.05) is 0 Å². The maximum Gasteiger partial charge on any atom is 0.269 e. The highest BCUT2D eigenvalue weighted by atomic mass is 19.1. The van der Waals surface area contributed by atoms with Crippen molar-refractivity contribution in [1.29, 1.82) is 0 Å². The lowest BCUT2D eigenvalue weighted by Crippen LogP contribution is -2.43. The molecule has 0 radical (unpaired) electrons. The molecule has 27 heavy (non-hydrogen) atoms. The van der Waals surface area contributed by atoms with Crippen molar-refractivity contribution >= 4 is 23.0 Å². The molecule has 0 aromatic heterocycles. The van der Waals surface area contributed by atoms with Crippen molar-refractivity contribution in [2.24, 2.45) is 0 Å². The fourth-order valence-electron chi connectivity index (χ4n) is 3.16. The lowest BCUT2D eigenvalue weighted by atomic mass is 10.0. The molecule has 1 aliphatic heterocycles. The third-order valence-electron chi connectivity index (χ3n) is 4.43. The Bertz CT molecular complexity index is 1040. The summed E-state index contributed by atoms with van der Waals surface area (Å²) in [6.45, 7) is 0. The van der Waals surface area contributed by atoms with Crippen LogP contribution in [0.5, 0.6) is 0 Å². The molecule has 1 heterocycles. The number of rotatable bonds is 3. The van der Waals surface area contributed by atoms with Gasteiger partial charge in [0.05, 0.1) is 10.5 Å². The molecule has 0 bridgehead atoms. The fraction of sp³-hybridized carbons (Fsp3) is 0.0500. The van der Waals surface area contributed by atoms with Gasteiger partial charge < -0.3 is 5.32 Å². The number of nitrogens with zero attached hydrogens (tertiary/aromatic N) is 2. The molecule has 1 unspecified atom stereocenters. The summed E-state index contributed by atoms with van der Waals surface area (Å²) in [5.74, 6) is -0.684. The zero-order valence-corrected chi connectivity index (χ0v) is 14.0. The molecule has 0 aliphatic carbocycles. The van der Waals surface area contributed by atoms with Gasteiger partial charge in [0.2, 0.25) is 0 Å². The van der Waals surface area contributed by atoms with Crippen LogP contribution in [0.1, 0.15) is 22.1 Å². The van der Waals surface area contributed by atoms with Crippen LogP contribution in [0.4, 0.5) is 21.5 Å². The number of amides is 1. The number of benzene rings is 3.